The summed E-state index contributed by atoms with van der Waals surface area (Å²) in [5.74, 6) is 0.348. The largest absolute Gasteiger partial charge is 0.426 e. The molecular weight excluding hydrogens is 180 g/mol. The predicted octanol–water partition coefficient (Wildman–Crippen LogP) is 0.706. The molecule has 1 aromatic rings. The van der Waals surface area contributed by atoms with Crippen LogP contribution in [0.3, 0.4) is 0 Å². The van der Waals surface area contributed by atoms with Gasteiger partial charge in [0.2, 0.25) is 0 Å². The van der Waals surface area contributed by atoms with Crippen molar-refractivity contribution in [2.24, 2.45) is 0 Å². The summed E-state index contributed by atoms with van der Waals surface area (Å²) in [6, 6.07) is 9.04. The fraction of sp³-hybridized carbons (Fsp3) is 0.300. The number of para-hydroxylation sites is 1. The fourth-order valence-corrected chi connectivity index (χ4v) is 0.961. The van der Waals surface area contributed by atoms with Crippen LogP contribution in [0.25, 0.3) is 0 Å². The minimum atomic E-state index is -0.237. The lowest BCUT2D eigenvalue weighted by molar-refractivity contribution is -0.134. The Morgan fingerprint density at radius 1 is 1.36 bits per heavy atom. The van der Waals surface area contributed by atoms with Gasteiger partial charge in [-0.05, 0) is 19.2 Å². The average molecular weight is 194 g/mol. The first kappa shape index (κ1) is 10.7. The van der Waals surface area contributed by atoms with Crippen LogP contribution in [-0.2, 0) is 4.79 Å². The molecule has 0 radical (unpaired) electrons. The van der Waals surface area contributed by atoms with Crippen molar-refractivity contribution < 1.29 is 9.53 Å². The normalized spacial score (nSPS) is 9.79. The molecule has 4 heteroatoms. The summed E-state index contributed by atoms with van der Waals surface area (Å²) >= 11 is 0. The molecular formula is C10H14N2O2. The lowest BCUT2D eigenvalue weighted by Crippen LogP contribution is -2.30. The number of hydrogen-bond donors (Lipinski definition) is 2. The Labute approximate surface area is 83.2 Å². The van der Waals surface area contributed by atoms with Crippen LogP contribution in [0.1, 0.15) is 6.42 Å². The van der Waals surface area contributed by atoms with E-state index in [0.717, 1.165) is 0 Å². The zero-order valence-corrected chi connectivity index (χ0v) is 8.12. The lowest BCUT2D eigenvalue weighted by atomic mass is 10.3. The van der Waals surface area contributed by atoms with Crippen LogP contribution >= 0.6 is 0 Å². The number of hydrazine groups is 1. The Morgan fingerprint density at radius 3 is 2.71 bits per heavy atom. The summed E-state index contributed by atoms with van der Waals surface area (Å²) in [4.78, 5) is 11.2. The van der Waals surface area contributed by atoms with Crippen molar-refractivity contribution in [1.29, 1.82) is 0 Å². The van der Waals surface area contributed by atoms with Crippen molar-refractivity contribution >= 4 is 5.97 Å². The van der Waals surface area contributed by atoms with E-state index in [2.05, 4.69) is 10.9 Å². The van der Waals surface area contributed by atoms with Crippen molar-refractivity contribution in [3.05, 3.63) is 30.3 Å². The van der Waals surface area contributed by atoms with E-state index in [4.69, 9.17) is 4.74 Å². The number of rotatable bonds is 5. The first-order chi connectivity index (χ1) is 6.83. The topological polar surface area (TPSA) is 50.4 Å². The van der Waals surface area contributed by atoms with E-state index in [1.807, 2.05) is 18.2 Å². The Morgan fingerprint density at radius 2 is 2.07 bits per heavy atom. The molecule has 0 aromatic heterocycles. The lowest BCUT2D eigenvalue weighted by Gasteiger charge is -2.04. The molecule has 0 aliphatic heterocycles. The highest BCUT2D eigenvalue weighted by Gasteiger charge is 2.02. The van der Waals surface area contributed by atoms with Gasteiger partial charge in [0.25, 0.3) is 0 Å². The molecule has 1 rings (SSSR count). The van der Waals surface area contributed by atoms with Crippen molar-refractivity contribution in [3.8, 4) is 5.75 Å². The minimum Gasteiger partial charge on any atom is -0.426 e. The maximum Gasteiger partial charge on any atom is 0.312 e. The quantitative estimate of drug-likeness (QED) is 0.313. The van der Waals surface area contributed by atoms with Gasteiger partial charge in [0.1, 0.15) is 5.75 Å². The second-order valence-corrected chi connectivity index (χ2v) is 2.71. The number of benzene rings is 1. The number of ether oxygens (including phenoxy) is 1. The van der Waals surface area contributed by atoms with E-state index in [1.165, 1.54) is 0 Å². The van der Waals surface area contributed by atoms with E-state index in [9.17, 15) is 4.79 Å². The zero-order chi connectivity index (χ0) is 10.2. The monoisotopic (exact) mass is 194 g/mol. The molecule has 0 aliphatic carbocycles. The van der Waals surface area contributed by atoms with Gasteiger partial charge in [-0.2, -0.15) is 0 Å². The molecule has 0 spiro atoms. The van der Waals surface area contributed by atoms with Crippen LogP contribution in [0, 0.1) is 0 Å². The predicted molar refractivity (Wildman–Crippen MR) is 53.8 cm³/mol. The standard InChI is InChI=1S/C10H14N2O2/c1-11-12-8-7-10(13)14-9-5-3-2-4-6-9/h2-6,11-12H,7-8H2,1H3. The summed E-state index contributed by atoms with van der Waals surface area (Å²) in [7, 11) is 1.75. The Kier molecular flexibility index (Phi) is 4.68. The van der Waals surface area contributed by atoms with Gasteiger partial charge in [0, 0.05) is 6.54 Å². The van der Waals surface area contributed by atoms with Crippen LogP contribution in [0.4, 0.5) is 0 Å². The van der Waals surface area contributed by atoms with Gasteiger partial charge in [0.05, 0.1) is 6.42 Å². The van der Waals surface area contributed by atoms with Crippen LogP contribution in [0.15, 0.2) is 30.3 Å². The van der Waals surface area contributed by atoms with Gasteiger partial charge in [-0.3, -0.25) is 15.6 Å². The molecule has 0 saturated heterocycles. The molecule has 14 heavy (non-hydrogen) atoms. The molecule has 1 aromatic carbocycles. The number of carbonyl (C=O) groups is 1. The molecule has 0 heterocycles. The highest BCUT2D eigenvalue weighted by molar-refractivity contribution is 5.72. The van der Waals surface area contributed by atoms with Crippen molar-refractivity contribution in [3.63, 3.8) is 0 Å². The maximum atomic E-state index is 11.2. The summed E-state index contributed by atoms with van der Waals surface area (Å²) in [5, 5.41) is 0. The second-order valence-electron chi connectivity index (χ2n) is 2.71. The number of carbonyl (C=O) groups excluding carboxylic acids is 1. The van der Waals surface area contributed by atoms with Crippen molar-refractivity contribution in [2.45, 2.75) is 6.42 Å². The number of esters is 1. The van der Waals surface area contributed by atoms with Crippen LogP contribution in [-0.4, -0.2) is 19.6 Å². The van der Waals surface area contributed by atoms with Crippen LogP contribution < -0.4 is 15.6 Å². The van der Waals surface area contributed by atoms with Crippen molar-refractivity contribution in [2.75, 3.05) is 13.6 Å². The molecule has 0 aliphatic rings. The van der Waals surface area contributed by atoms with E-state index < -0.39 is 0 Å². The molecule has 76 valence electrons. The van der Waals surface area contributed by atoms with Gasteiger partial charge in [-0.1, -0.05) is 18.2 Å². The molecule has 0 atom stereocenters. The van der Waals surface area contributed by atoms with Crippen LogP contribution in [0.2, 0.25) is 0 Å². The SMILES string of the molecule is CNNCCC(=O)Oc1ccccc1. The van der Waals surface area contributed by atoms with Gasteiger partial charge >= 0.3 is 5.97 Å². The highest BCUT2D eigenvalue weighted by atomic mass is 16.5. The molecule has 0 unspecified atom stereocenters. The second kappa shape index (κ2) is 6.12. The Hall–Kier alpha value is -1.39. The molecule has 4 nitrogen and oxygen atoms in total. The summed E-state index contributed by atoms with van der Waals surface area (Å²) in [6.07, 6.45) is 0.343. The van der Waals surface area contributed by atoms with Gasteiger partial charge in [-0.25, -0.2) is 0 Å². The molecule has 0 fully saturated rings. The van der Waals surface area contributed by atoms with Gasteiger partial charge < -0.3 is 4.74 Å². The number of nitrogens with one attached hydrogen (secondary N) is 2. The first-order valence-corrected chi connectivity index (χ1v) is 4.48. The van der Waals surface area contributed by atoms with Gasteiger partial charge in [-0.15, -0.1) is 0 Å². The highest BCUT2D eigenvalue weighted by Crippen LogP contribution is 2.08. The van der Waals surface area contributed by atoms with E-state index in [1.54, 1.807) is 19.2 Å². The van der Waals surface area contributed by atoms with Crippen LogP contribution in [0.5, 0.6) is 5.75 Å². The molecule has 0 amide bonds. The third-order valence-corrected chi connectivity index (χ3v) is 1.61. The summed E-state index contributed by atoms with van der Waals surface area (Å²) < 4.78 is 5.05. The third kappa shape index (κ3) is 4.02. The molecule has 2 N–H and O–H groups in total. The minimum absolute atomic E-state index is 0.237. The summed E-state index contributed by atoms with van der Waals surface area (Å²) in [5.41, 5.74) is 5.54. The van der Waals surface area contributed by atoms with E-state index in [0.29, 0.717) is 18.7 Å². The summed E-state index contributed by atoms with van der Waals surface area (Å²) in [6.45, 7) is 0.558. The van der Waals surface area contributed by atoms with E-state index >= 15 is 0 Å². The van der Waals surface area contributed by atoms with Crippen molar-refractivity contribution in [1.82, 2.24) is 10.9 Å². The van der Waals surface area contributed by atoms with Gasteiger partial charge in [0.15, 0.2) is 0 Å². The molecule has 0 bridgehead atoms. The number of hydrogen-bond acceptors (Lipinski definition) is 4. The maximum absolute atomic E-state index is 11.2. The molecule has 0 saturated carbocycles. The smallest absolute Gasteiger partial charge is 0.312 e. The van der Waals surface area contributed by atoms with E-state index in [-0.39, 0.29) is 5.97 Å². The average Bonchev–Trinajstić information content (AvgIpc) is 2.20. The fourth-order valence-electron chi connectivity index (χ4n) is 0.961. The third-order valence-electron chi connectivity index (χ3n) is 1.61. The Balaban J connectivity index is 2.27. The Bertz CT molecular complexity index is 275. The zero-order valence-electron chi connectivity index (χ0n) is 8.12. The first-order valence-electron chi connectivity index (χ1n) is 4.48.